The Morgan fingerprint density at radius 2 is 2.25 bits per heavy atom. The van der Waals surface area contributed by atoms with E-state index in [2.05, 4.69) is 10.1 Å². The number of hydrogen-bond donors (Lipinski definition) is 0. The molecule has 0 bridgehead atoms. The van der Waals surface area contributed by atoms with Gasteiger partial charge in [0, 0.05) is 6.07 Å². The van der Waals surface area contributed by atoms with Gasteiger partial charge in [0.25, 0.3) is 0 Å². The maximum absolute atomic E-state index is 4.98. The molecule has 0 spiro atoms. The average molecular weight is 164 g/mol. The van der Waals surface area contributed by atoms with Crippen LogP contribution in [-0.2, 0) is 0 Å². The third-order valence-corrected chi connectivity index (χ3v) is 1.67. The molecule has 2 aromatic rings. The fourth-order valence-electron chi connectivity index (χ4n) is 1.04. The molecule has 0 atom stereocenters. The van der Waals surface area contributed by atoms with Crippen molar-refractivity contribution in [3.05, 3.63) is 17.8 Å². The maximum atomic E-state index is 4.98. The summed E-state index contributed by atoms with van der Waals surface area (Å²) in [6.07, 6.45) is 0. The molecule has 2 aromatic heterocycles. The third kappa shape index (κ3) is 0.922. The number of hydrogen-bond acceptors (Lipinski definition) is 4. The first-order valence-corrected chi connectivity index (χ1v) is 3.58. The number of nitrogens with zero attached hydrogens (tertiary/aromatic N) is 2. The number of ether oxygens (including phenoxy) is 1. The van der Waals surface area contributed by atoms with Gasteiger partial charge in [0.05, 0.1) is 7.11 Å². The summed E-state index contributed by atoms with van der Waals surface area (Å²) in [5.41, 5.74) is 2.23. The van der Waals surface area contributed by atoms with Crippen LogP contribution in [0.5, 0.6) is 5.88 Å². The summed E-state index contributed by atoms with van der Waals surface area (Å²) in [6, 6.07) is 3.54. The van der Waals surface area contributed by atoms with Gasteiger partial charge in [0.2, 0.25) is 5.88 Å². The molecule has 0 radical (unpaired) electrons. The van der Waals surface area contributed by atoms with E-state index in [1.807, 2.05) is 6.92 Å². The van der Waals surface area contributed by atoms with E-state index in [9.17, 15) is 0 Å². The van der Waals surface area contributed by atoms with E-state index in [1.54, 1.807) is 19.2 Å². The molecule has 0 aliphatic carbocycles. The Bertz CT molecular complexity index is 408. The predicted molar refractivity (Wildman–Crippen MR) is 43.1 cm³/mol. The quantitative estimate of drug-likeness (QED) is 0.641. The zero-order valence-electron chi connectivity index (χ0n) is 6.87. The summed E-state index contributed by atoms with van der Waals surface area (Å²) < 4.78 is 9.95. The van der Waals surface area contributed by atoms with Gasteiger partial charge in [-0.15, -0.1) is 0 Å². The fourth-order valence-corrected chi connectivity index (χ4v) is 1.04. The van der Waals surface area contributed by atoms with Crippen molar-refractivity contribution in [1.29, 1.82) is 0 Å². The smallest absolute Gasteiger partial charge is 0.213 e. The van der Waals surface area contributed by atoms with E-state index < -0.39 is 0 Å². The lowest BCUT2D eigenvalue weighted by Gasteiger charge is -1.95. The lowest BCUT2D eigenvalue weighted by atomic mass is 10.3. The highest BCUT2D eigenvalue weighted by molar-refractivity contribution is 5.74. The molecular weight excluding hydrogens is 156 g/mol. The summed E-state index contributed by atoms with van der Waals surface area (Å²) in [4.78, 5) is 4.17. The molecule has 0 aliphatic rings. The van der Waals surface area contributed by atoms with Crippen molar-refractivity contribution in [3.8, 4) is 5.88 Å². The van der Waals surface area contributed by atoms with Crippen molar-refractivity contribution in [1.82, 2.24) is 10.1 Å². The second-order valence-electron chi connectivity index (χ2n) is 2.47. The highest BCUT2D eigenvalue weighted by atomic mass is 16.5. The number of pyridine rings is 1. The van der Waals surface area contributed by atoms with E-state index in [0.717, 1.165) is 11.2 Å². The molecular formula is C8H8N2O2. The minimum atomic E-state index is 0.578. The van der Waals surface area contributed by atoms with E-state index in [1.165, 1.54) is 0 Å². The molecule has 0 amide bonds. The van der Waals surface area contributed by atoms with Gasteiger partial charge in [-0.2, -0.15) is 0 Å². The first kappa shape index (κ1) is 7.09. The largest absolute Gasteiger partial charge is 0.481 e. The molecule has 62 valence electrons. The van der Waals surface area contributed by atoms with Crippen molar-refractivity contribution in [2.45, 2.75) is 6.92 Å². The second kappa shape index (κ2) is 2.48. The highest BCUT2D eigenvalue weighted by Crippen LogP contribution is 2.18. The fraction of sp³-hybridized carbons (Fsp3) is 0.250. The van der Waals surface area contributed by atoms with Gasteiger partial charge < -0.3 is 9.26 Å². The molecule has 0 aliphatic heterocycles. The van der Waals surface area contributed by atoms with Crippen LogP contribution in [0.3, 0.4) is 0 Å². The van der Waals surface area contributed by atoms with Crippen LogP contribution < -0.4 is 4.74 Å². The first-order valence-electron chi connectivity index (χ1n) is 3.58. The van der Waals surface area contributed by atoms with Crippen LogP contribution in [0.2, 0.25) is 0 Å². The number of methoxy groups -OCH3 is 1. The standard InChI is InChI=1S/C8H8N2O2/c1-5-8-6(12-10-5)3-4-7(9-8)11-2/h3-4H,1-2H3. The monoisotopic (exact) mass is 164 g/mol. The second-order valence-corrected chi connectivity index (χ2v) is 2.47. The van der Waals surface area contributed by atoms with Crippen LogP contribution in [0.25, 0.3) is 11.1 Å². The Balaban J connectivity index is 2.71. The molecule has 12 heavy (non-hydrogen) atoms. The lowest BCUT2D eigenvalue weighted by Crippen LogP contribution is -1.86. The van der Waals surface area contributed by atoms with E-state index in [-0.39, 0.29) is 0 Å². The maximum Gasteiger partial charge on any atom is 0.213 e. The van der Waals surface area contributed by atoms with Gasteiger partial charge in [-0.25, -0.2) is 4.98 Å². The molecule has 0 saturated heterocycles. The Labute approximate surface area is 69.1 Å². The van der Waals surface area contributed by atoms with Gasteiger partial charge in [0.15, 0.2) is 5.58 Å². The minimum absolute atomic E-state index is 0.578. The summed E-state index contributed by atoms with van der Waals surface area (Å²) in [7, 11) is 1.58. The summed E-state index contributed by atoms with van der Waals surface area (Å²) in [5, 5.41) is 3.78. The summed E-state index contributed by atoms with van der Waals surface area (Å²) >= 11 is 0. The van der Waals surface area contributed by atoms with Crippen LogP contribution in [0.15, 0.2) is 16.7 Å². The van der Waals surface area contributed by atoms with E-state index >= 15 is 0 Å². The molecule has 0 N–H and O–H groups in total. The lowest BCUT2D eigenvalue weighted by molar-refractivity contribution is 0.399. The van der Waals surface area contributed by atoms with Crippen LogP contribution in [0.4, 0.5) is 0 Å². The first-order chi connectivity index (χ1) is 5.81. The Hall–Kier alpha value is -1.58. The summed E-state index contributed by atoms with van der Waals surface area (Å²) in [5.74, 6) is 0.578. The normalized spacial score (nSPS) is 10.5. The Morgan fingerprint density at radius 3 is 3.00 bits per heavy atom. The zero-order valence-corrected chi connectivity index (χ0v) is 6.87. The Kier molecular flexibility index (Phi) is 1.46. The molecule has 0 fully saturated rings. The van der Waals surface area contributed by atoms with Crippen LogP contribution in [0, 0.1) is 6.92 Å². The van der Waals surface area contributed by atoms with Crippen molar-refractivity contribution >= 4 is 11.1 Å². The SMILES string of the molecule is COc1ccc2onc(C)c2n1. The molecule has 0 saturated carbocycles. The van der Waals surface area contributed by atoms with Crippen molar-refractivity contribution in [2.24, 2.45) is 0 Å². The van der Waals surface area contributed by atoms with Crippen molar-refractivity contribution in [2.75, 3.05) is 7.11 Å². The Morgan fingerprint density at radius 1 is 1.42 bits per heavy atom. The minimum Gasteiger partial charge on any atom is -0.481 e. The third-order valence-electron chi connectivity index (χ3n) is 1.67. The van der Waals surface area contributed by atoms with E-state index in [0.29, 0.717) is 11.5 Å². The van der Waals surface area contributed by atoms with Crippen LogP contribution in [0.1, 0.15) is 5.69 Å². The molecule has 0 unspecified atom stereocenters. The predicted octanol–water partition coefficient (Wildman–Crippen LogP) is 1.54. The van der Waals surface area contributed by atoms with Gasteiger partial charge in [-0.05, 0) is 13.0 Å². The summed E-state index contributed by atoms with van der Waals surface area (Å²) in [6.45, 7) is 1.85. The molecule has 4 heteroatoms. The van der Waals surface area contributed by atoms with Crippen LogP contribution >= 0.6 is 0 Å². The topological polar surface area (TPSA) is 48.2 Å². The zero-order chi connectivity index (χ0) is 8.55. The number of aromatic nitrogens is 2. The molecule has 4 nitrogen and oxygen atoms in total. The van der Waals surface area contributed by atoms with Gasteiger partial charge >= 0.3 is 0 Å². The molecule has 2 rings (SSSR count). The van der Waals surface area contributed by atoms with Crippen LogP contribution in [-0.4, -0.2) is 17.3 Å². The number of rotatable bonds is 1. The van der Waals surface area contributed by atoms with Gasteiger partial charge in [-0.3, -0.25) is 0 Å². The highest BCUT2D eigenvalue weighted by Gasteiger charge is 2.05. The number of aryl methyl sites for hydroxylation is 1. The van der Waals surface area contributed by atoms with Crippen molar-refractivity contribution in [3.63, 3.8) is 0 Å². The van der Waals surface area contributed by atoms with E-state index in [4.69, 9.17) is 9.26 Å². The number of fused-ring (bicyclic) bond motifs is 1. The molecule has 2 heterocycles. The van der Waals surface area contributed by atoms with Crippen molar-refractivity contribution < 1.29 is 9.26 Å². The average Bonchev–Trinajstić information content (AvgIpc) is 2.47. The molecule has 0 aromatic carbocycles. The van der Waals surface area contributed by atoms with Gasteiger partial charge in [-0.1, -0.05) is 5.16 Å². The van der Waals surface area contributed by atoms with Gasteiger partial charge in [0.1, 0.15) is 11.2 Å².